The molecule has 0 unspecified atom stereocenters. The molecule has 0 spiro atoms. The number of para-hydroxylation sites is 1. The molecule has 0 bridgehead atoms. The highest BCUT2D eigenvalue weighted by molar-refractivity contribution is 5.86. The van der Waals surface area contributed by atoms with Crippen LogP contribution in [0.4, 0.5) is 0 Å². The van der Waals surface area contributed by atoms with Crippen molar-refractivity contribution in [1.29, 1.82) is 0 Å². The highest BCUT2D eigenvalue weighted by atomic mass is 16.5. The van der Waals surface area contributed by atoms with Gasteiger partial charge < -0.3 is 19.0 Å². The number of hydrogen-bond donors (Lipinski definition) is 1. The van der Waals surface area contributed by atoms with Gasteiger partial charge in [0.1, 0.15) is 24.7 Å². The van der Waals surface area contributed by atoms with Crippen LogP contribution in [0.1, 0.15) is 21.9 Å². The molecular weight excluding hydrogens is 260 g/mol. The number of aryl methyl sites for hydroxylation is 1. The van der Waals surface area contributed by atoms with Crippen LogP contribution < -0.4 is 4.74 Å². The first-order chi connectivity index (χ1) is 9.66. The predicted octanol–water partition coefficient (Wildman–Crippen LogP) is 2.88. The fraction of sp³-hybridized carbons (Fsp3) is 0.267. The van der Waals surface area contributed by atoms with Crippen LogP contribution in [0.3, 0.4) is 0 Å². The molecule has 0 atom stereocenters. The van der Waals surface area contributed by atoms with E-state index in [2.05, 4.69) is 0 Å². The predicted molar refractivity (Wildman–Crippen MR) is 72.0 cm³/mol. The van der Waals surface area contributed by atoms with Gasteiger partial charge in [-0.3, -0.25) is 0 Å². The number of benzene rings is 1. The van der Waals surface area contributed by atoms with E-state index < -0.39 is 5.97 Å². The second-order valence-corrected chi connectivity index (χ2v) is 4.24. The lowest BCUT2D eigenvalue weighted by atomic mass is 10.3. The van der Waals surface area contributed by atoms with Crippen LogP contribution in [-0.2, 0) is 11.3 Å². The van der Waals surface area contributed by atoms with Crippen LogP contribution in [0.15, 0.2) is 40.8 Å². The van der Waals surface area contributed by atoms with Gasteiger partial charge in [0.05, 0.1) is 6.61 Å². The standard InChI is InChI=1S/C15H16O5/c1-11-9-13(20-14(11)15(16)17)10-18-7-8-19-12-5-3-2-4-6-12/h2-6,9H,7-8,10H2,1H3,(H,16,17). The Morgan fingerprint density at radius 1 is 1.25 bits per heavy atom. The number of ether oxygens (including phenoxy) is 2. The van der Waals surface area contributed by atoms with E-state index in [1.165, 1.54) is 0 Å². The Hall–Kier alpha value is -2.27. The first kappa shape index (κ1) is 14.1. The second-order valence-electron chi connectivity index (χ2n) is 4.24. The molecule has 1 aromatic carbocycles. The molecule has 1 aromatic heterocycles. The molecule has 1 heterocycles. The number of carboxylic acid groups (broad SMARTS) is 1. The summed E-state index contributed by atoms with van der Waals surface area (Å²) in [6, 6.07) is 11.1. The van der Waals surface area contributed by atoms with Gasteiger partial charge in [0.25, 0.3) is 0 Å². The fourth-order valence-electron chi connectivity index (χ4n) is 1.74. The van der Waals surface area contributed by atoms with E-state index >= 15 is 0 Å². The lowest BCUT2D eigenvalue weighted by Gasteiger charge is -2.05. The summed E-state index contributed by atoms with van der Waals surface area (Å²) >= 11 is 0. The lowest BCUT2D eigenvalue weighted by molar-refractivity contribution is 0.0627. The highest BCUT2D eigenvalue weighted by Gasteiger charge is 2.13. The van der Waals surface area contributed by atoms with Crippen molar-refractivity contribution in [3.63, 3.8) is 0 Å². The fourth-order valence-corrected chi connectivity index (χ4v) is 1.74. The molecule has 0 aliphatic heterocycles. The Balaban J connectivity index is 1.71. The molecule has 20 heavy (non-hydrogen) atoms. The van der Waals surface area contributed by atoms with E-state index in [-0.39, 0.29) is 12.4 Å². The van der Waals surface area contributed by atoms with Crippen molar-refractivity contribution in [3.05, 3.63) is 53.5 Å². The smallest absolute Gasteiger partial charge is 0.372 e. The summed E-state index contributed by atoms with van der Waals surface area (Å²) in [6.45, 7) is 2.74. The topological polar surface area (TPSA) is 68.9 Å². The number of rotatable bonds is 7. The highest BCUT2D eigenvalue weighted by Crippen LogP contribution is 2.15. The molecule has 0 saturated carbocycles. The third-order valence-electron chi connectivity index (χ3n) is 2.65. The van der Waals surface area contributed by atoms with Crippen LogP contribution in [0.25, 0.3) is 0 Å². The van der Waals surface area contributed by atoms with Gasteiger partial charge in [-0.15, -0.1) is 0 Å². The molecule has 2 aromatic rings. The van der Waals surface area contributed by atoms with Gasteiger partial charge in [0.2, 0.25) is 5.76 Å². The maximum Gasteiger partial charge on any atom is 0.372 e. The first-order valence-electron chi connectivity index (χ1n) is 6.25. The first-order valence-corrected chi connectivity index (χ1v) is 6.25. The minimum Gasteiger partial charge on any atom is -0.491 e. The molecule has 0 saturated heterocycles. The van der Waals surface area contributed by atoms with Gasteiger partial charge in [-0.05, 0) is 25.1 Å². The SMILES string of the molecule is Cc1cc(COCCOc2ccccc2)oc1C(=O)O. The minimum absolute atomic E-state index is 0.0378. The van der Waals surface area contributed by atoms with Gasteiger partial charge >= 0.3 is 5.97 Å². The van der Waals surface area contributed by atoms with Crippen LogP contribution in [0.2, 0.25) is 0 Å². The summed E-state index contributed by atoms with van der Waals surface area (Å²) in [5.41, 5.74) is 0.594. The zero-order chi connectivity index (χ0) is 14.4. The van der Waals surface area contributed by atoms with Crippen molar-refractivity contribution in [3.8, 4) is 5.75 Å². The zero-order valence-corrected chi connectivity index (χ0v) is 11.2. The monoisotopic (exact) mass is 276 g/mol. The van der Waals surface area contributed by atoms with Gasteiger partial charge in [-0.2, -0.15) is 0 Å². The maximum absolute atomic E-state index is 10.8. The molecular formula is C15H16O5. The molecule has 0 amide bonds. The largest absolute Gasteiger partial charge is 0.491 e. The molecule has 106 valence electrons. The number of carboxylic acids is 1. The van der Waals surface area contributed by atoms with Gasteiger partial charge in [0, 0.05) is 5.56 Å². The average molecular weight is 276 g/mol. The van der Waals surface area contributed by atoms with Gasteiger partial charge in [-0.1, -0.05) is 18.2 Å². The van der Waals surface area contributed by atoms with Gasteiger partial charge in [-0.25, -0.2) is 4.79 Å². The van der Waals surface area contributed by atoms with E-state index in [0.29, 0.717) is 24.5 Å². The minimum atomic E-state index is -1.07. The Labute approximate surface area is 116 Å². The molecule has 0 radical (unpaired) electrons. The van der Waals surface area contributed by atoms with Crippen molar-refractivity contribution in [2.45, 2.75) is 13.5 Å². The lowest BCUT2D eigenvalue weighted by Crippen LogP contribution is -2.06. The van der Waals surface area contributed by atoms with Crippen LogP contribution in [-0.4, -0.2) is 24.3 Å². The van der Waals surface area contributed by atoms with Crippen LogP contribution >= 0.6 is 0 Å². The van der Waals surface area contributed by atoms with Crippen molar-refractivity contribution in [2.75, 3.05) is 13.2 Å². The number of aromatic carboxylic acids is 1. The molecule has 2 rings (SSSR count). The average Bonchev–Trinajstić information content (AvgIpc) is 2.81. The zero-order valence-electron chi connectivity index (χ0n) is 11.2. The van der Waals surface area contributed by atoms with E-state index in [4.69, 9.17) is 19.0 Å². The molecule has 1 N–H and O–H groups in total. The van der Waals surface area contributed by atoms with E-state index in [0.717, 1.165) is 5.75 Å². The third kappa shape index (κ3) is 3.86. The summed E-state index contributed by atoms with van der Waals surface area (Å²) in [4.78, 5) is 10.8. The Morgan fingerprint density at radius 3 is 2.65 bits per heavy atom. The summed E-state index contributed by atoms with van der Waals surface area (Å²) in [5, 5.41) is 8.86. The van der Waals surface area contributed by atoms with Crippen molar-refractivity contribution in [1.82, 2.24) is 0 Å². The van der Waals surface area contributed by atoms with Crippen LogP contribution in [0, 0.1) is 6.92 Å². The van der Waals surface area contributed by atoms with Crippen molar-refractivity contribution < 1.29 is 23.8 Å². The normalized spacial score (nSPS) is 10.4. The van der Waals surface area contributed by atoms with Crippen molar-refractivity contribution in [2.24, 2.45) is 0 Å². The molecule has 0 fully saturated rings. The molecule has 0 aliphatic carbocycles. The maximum atomic E-state index is 10.8. The molecule has 5 heteroatoms. The third-order valence-corrected chi connectivity index (χ3v) is 2.65. The van der Waals surface area contributed by atoms with Gasteiger partial charge in [0.15, 0.2) is 0 Å². The van der Waals surface area contributed by atoms with Crippen molar-refractivity contribution >= 4 is 5.97 Å². The summed E-state index contributed by atoms with van der Waals surface area (Å²) in [6.07, 6.45) is 0. The Morgan fingerprint density at radius 2 is 2.00 bits per heavy atom. The summed E-state index contributed by atoms with van der Waals surface area (Å²) in [5.74, 6) is 0.183. The number of furan rings is 1. The van der Waals surface area contributed by atoms with E-state index in [9.17, 15) is 4.79 Å². The van der Waals surface area contributed by atoms with Crippen LogP contribution in [0.5, 0.6) is 5.75 Å². The summed E-state index contributed by atoms with van der Waals surface area (Å²) in [7, 11) is 0. The Bertz CT molecular complexity index is 559. The quantitative estimate of drug-likeness (QED) is 0.787. The number of carbonyl (C=O) groups is 1. The van der Waals surface area contributed by atoms with E-state index in [1.807, 2.05) is 30.3 Å². The number of hydrogen-bond acceptors (Lipinski definition) is 4. The van der Waals surface area contributed by atoms with E-state index in [1.54, 1.807) is 13.0 Å². The summed E-state index contributed by atoms with van der Waals surface area (Å²) < 4.78 is 16.0. The molecule has 5 nitrogen and oxygen atoms in total. The second kappa shape index (κ2) is 6.77. The molecule has 0 aliphatic rings. The Kier molecular flexibility index (Phi) is 4.79.